The van der Waals surface area contributed by atoms with Crippen molar-refractivity contribution >= 4 is 27.5 Å². The third kappa shape index (κ3) is 3.74. The van der Waals surface area contributed by atoms with Crippen LogP contribution in [0.25, 0.3) is 0 Å². The topological polar surface area (TPSA) is 12.0 Å². The van der Waals surface area contributed by atoms with Gasteiger partial charge >= 0.3 is 0 Å². The fourth-order valence-corrected chi connectivity index (χ4v) is 4.21. The Kier molecular flexibility index (Phi) is 5.33. The summed E-state index contributed by atoms with van der Waals surface area (Å²) in [5, 5.41) is 4.31. The summed E-state index contributed by atoms with van der Waals surface area (Å²) in [6, 6.07) is 6.64. The van der Waals surface area contributed by atoms with Gasteiger partial charge in [0.05, 0.1) is 0 Å². The number of halogens is 2. The van der Waals surface area contributed by atoms with Crippen LogP contribution in [0.4, 0.5) is 0 Å². The number of nitrogens with one attached hydrogen (secondary N) is 1. The molecular formula is C16H23BrClN. The molecule has 1 aromatic rings. The van der Waals surface area contributed by atoms with Crippen LogP contribution in [-0.4, -0.2) is 7.05 Å². The molecular weight excluding hydrogens is 322 g/mol. The van der Waals surface area contributed by atoms with E-state index in [-0.39, 0.29) is 0 Å². The predicted octanol–water partition coefficient (Wildman–Crippen LogP) is 5.44. The van der Waals surface area contributed by atoms with E-state index in [1.165, 1.54) is 24.8 Å². The zero-order valence-corrected chi connectivity index (χ0v) is 14.3. The largest absolute Gasteiger partial charge is 0.313 e. The Morgan fingerprint density at radius 2 is 1.95 bits per heavy atom. The minimum Gasteiger partial charge on any atom is -0.313 e. The minimum absolute atomic E-state index is 0.407. The van der Waals surface area contributed by atoms with E-state index in [0.717, 1.165) is 21.3 Å². The van der Waals surface area contributed by atoms with E-state index in [0.29, 0.717) is 12.0 Å². The van der Waals surface area contributed by atoms with Gasteiger partial charge in [0.2, 0.25) is 0 Å². The van der Waals surface area contributed by atoms with Crippen LogP contribution in [0.15, 0.2) is 22.7 Å². The second kappa shape index (κ2) is 6.60. The van der Waals surface area contributed by atoms with Crippen molar-refractivity contribution in [3.05, 3.63) is 33.3 Å². The van der Waals surface area contributed by atoms with Crippen molar-refractivity contribution < 1.29 is 0 Å². The molecule has 0 saturated heterocycles. The average molecular weight is 345 g/mol. The first-order valence-corrected chi connectivity index (χ1v) is 8.31. The number of hydrogen-bond donors (Lipinski definition) is 1. The lowest BCUT2D eigenvalue weighted by molar-refractivity contribution is 0.174. The molecule has 0 aliphatic heterocycles. The van der Waals surface area contributed by atoms with E-state index in [4.69, 9.17) is 11.6 Å². The van der Waals surface area contributed by atoms with Crippen molar-refractivity contribution in [2.45, 2.75) is 39.2 Å². The van der Waals surface area contributed by atoms with Gasteiger partial charge in [-0.1, -0.05) is 47.8 Å². The Morgan fingerprint density at radius 1 is 1.21 bits per heavy atom. The molecule has 3 heteroatoms. The first-order chi connectivity index (χ1) is 9.01. The molecule has 0 heterocycles. The zero-order valence-electron chi connectivity index (χ0n) is 11.9. The highest BCUT2D eigenvalue weighted by Gasteiger charge is 2.30. The maximum Gasteiger partial charge on any atom is 0.0420 e. The Morgan fingerprint density at radius 3 is 2.53 bits per heavy atom. The van der Waals surface area contributed by atoms with Crippen LogP contribution in [-0.2, 0) is 0 Å². The summed E-state index contributed by atoms with van der Waals surface area (Å²) in [7, 11) is 2.06. The Labute approximate surface area is 130 Å². The van der Waals surface area contributed by atoms with Crippen molar-refractivity contribution in [3.8, 4) is 0 Å². The fourth-order valence-electron chi connectivity index (χ4n) is 3.32. The minimum atomic E-state index is 0.407. The summed E-state index contributed by atoms with van der Waals surface area (Å²) in [5.74, 6) is 2.39. The average Bonchev–Trinajstić information content (AvgIpc) is 2.33. The van der Waals surface area contributed by atoms with Gasteiger partial charge in [0.15, 0.2) is 0 Å². The van der Waals surface area contributed by atoms with Gasteiger partial charge in [-0.25, -0.2) is 0 Å². The van der Waals surface area contributed by atoms with Crippen molar-refractivity contribution in [3.63, 3.8) is 0 Å². The van der Waals surface area contributed by atoms with Gasteiger partial charge in [0.25, 0.3) is 0 Å². The molecule has 1 nitrogen and oxygen atoms in total. The van der Waals surface area contributed by atoms with E-state index in [2.05, 4.69) is 54.3 Å². The molecule has 1 N–H and O–H groups in total. The van der Waals surface area contributed by atoms with Gasteiger partial charge in [-0.15, -0.1) is 0 Å². The maximum absolute atomic E-state index is 6.18. The van der Waals surface area contributed by atoms with Gasteiger partial charge in [-0.2, -0.15) is 0 Å². The quantitative estimate of drug-likeness (QED) is 0.770. The van der Waals surface area contributed by atoms with Crippen molar-refractivity contribution in [2.24, 2.45) is 17.8 Å². The molecule has 4 atom stereocenters. The summed E-state index contributed by atoms with van der Waals surface area (Å²) >= 11 is 9.73. The van der Waals surface area contributed by atoms with Crippen LogP contribution in [0.1, 0.15) is 44.7 Å². The van der Waals surface area contributed by atoms with Gasteiger partial charge in [-0.3, -0.25) is 0 Å². The van der Waals surface area contributed by atoms with Crippen LogP contribution in [0.5, 0.6) is 0 Å². The highest BCUT2D eigenvalue weighted by molar-refractivity contribution is 9.10. The second-order valence-electron chi connectivity index (χ2n) is 6.00. The molecule has 0 amide bonds. The molecule has 2 rings (SSSR count). The van der Waals surface area contributed by atoms with Crippen LogP contribution in [0.3, 0.4) is 0 Å². The summed E-state index contributed by atoms with van der Waals surface area (Å²) in [4.78, 5) is 0. The van der Waals surface area contributed by atoms with E-state index in [1.807, 2.05) is 6.07 Å². The maximum atomic E-state index is 6.18. The van der Waals surface area contributed by atoms with E-state index < -0.39 is 0 Å². The Balaban J connectivity index is 2.19. The standard InChI is InChI=1S/C16H23BrClN/c1-10-4-5-12(6-11(10)2)16(19-3)13-7-14(17)9-15(18)8-13/h7-12,16,19H,4-6H2,1-3H3. The van der Waals surface area contributed by atoms with Gasteiger partial charge in [0.1, 0.15) is 0 Å². The summed E-state index contributed by atoms with van der Waals surface area (Å²) in [6.07, 6.45) is 3.95. The molecule has 0 radical (unpaired) electrons. The molecule has 1 fully saturated rings. The van der Waals surface area contributed by atoms with Crippen molar-refractivity contribution in [1.82, 2.24) is 5.32 Å². The molecule has 1 saturated carbocycles. The van der Waals surface area contributed by atoms with Crippen molar-refractivity contribution in [2.75, 3.05) is 7.05 Å². The van der Waals surface area contributed by atoms with E-state index >= 15 is 0 Å². The van der Waals surface area contributed by atoms with Crippen LogP contribution >= 0.6 is 27.5 Å². The van der Waals surface area contributed by atoms with Gasteiger partial charge < -0.3 is 5.32 Å². The molecule has 19 heavy (non-hydrogen) atoms. The third-order valence-corrected chi connectivity index (χ3v) is 5.34. The summed E-state index contributed by atoms with van der Waals surface area (Å²) < 4.78 is 1.06. The molecule has 1 aliphatic rings. The van der Waals surface area contributed by atoms with E-state index in [1.54, 1.807) is 0 Å². The lowest BCUT2D eigenvalue weighted by atomic mass is 9.72. The number of benzene rings is 1. The molecule has 106 valence electrons. The van der Waals surface area contributed by atoms with Crippen molar-refractivity contribution in [1.29, 1.82) is 0 Å². The smallest absolute Gasteiger partial charge is 0.0420 e. The Hall–Kier alpha value is -0.0500. The first kappa shape index (κ1) is 15.3. The second-order valence-corrected chi connectivity index (χ2v) is 7.35. The molecule has 0 spiro atoms. The van der Waals surface area contributed by atoms with Crippen LogP contribution < -0.4 is 5.32 Å². The highest BCUT2D eigenvalue weighted by atomic mass is 79.9. The molecule has 0 bridgehead atoms. The first-order valence-electron chi connectivity index (χ1n) is 7.14. The lowest BCUT2D eigenvalue weighted by Gasteiger charge is -2.37. The monoisotopic (exact) mass is 343 g/mol. The van der Waals surface area contributed by atoms with Crippen LogP contribution in [0.2, 0.25) is 5.02 Å². The summed E-state index contributed by atoms with van der Waals surface area (Å²) in [5.41, 5.74) is 1.30. The third-order valence-electron chi connectivity index (χ3n) is 4.67. The number of hydrogen-bond acceptors (Lipinski definition) is 1. The predicted molar refractivity (Wildman–Crippen MR) is 86.6 cm³/mol. The SMILES string of the molecule is CNC(c1cc(Cl)cc(Br)c1)C1CCC(C)C(C)C1. The lowest BCUT2D eigenvalue weighted by Crippen LogP contribution is -2.31. The summed E-state index contributed by atoms with van der Waals surface area (Å²) in [6.45, 7) is 4.77. The molecule has 4 unspecified atom stereocenters. The fraction of sp³-hybridized carbons (Fsp3) is 0.625. The zero-order chi connectivity index (χ0) is 14.0. The van der Waals surface area contributed by atoms with Gasteiger partial charge in [-0.05, 0) is 61.4 Å². The number of rotatable bonds is 3. The molecule has 0 aromatic heterocycles. The Bertz CT molecular complexity index is 415. The normalized spacial score (nSPS) is 29.2. The van der Waals surface area contributed by atoms with Crippen LogP contribution in [0, 0.1) is 17.8 Å². The molecule has 1 aromatic carbocycles. The molecule has 1 aliphatic carbocycles. The highest BCUT2D eigenvalue weighted by Crippen LogP contribution is 2.40. The van der Waals surface area contributed by atoms with Gasteiger partial charge in [0, 0.05) is 15.5 Å². The van der Waals surface area contributed by atoms with E-state index in [9.17, 15) is 0 Å².